The van der Waals surface area contributed by atoms with E-state index in [-0.39, 0.29) is 40.0 Å². The van der Waals surface area contributed by atoms with Crippen LogP contribution in [0.1, 0.15) is 0 Å². The number of rotatable bonds is 2. The standard InChI is InChI=1S/C8H6O2P.BrH.Mg/c1-3-7(9-5-1)11-8-4-2-6-10-8;;/h1-6H;1H;/q-1;;+2/p-1. The van der Waals surface area contributed by atoms with E-state index in [4.69, 9.17) is 8.83 Å². The zero-order valence-corrected chi connectivity index (χ0v) is 10.7. The third-order valence-corrected chi connectivity index (χ3v) is 2.18. The predicted molar refractivity (Wildman–Crippen MR) is 49.4 cm³/mol. The summed E-state index contributed by atoms with van der Waals surface area (Å²) in [6.45, 7) is 0. The molecule has 0 saturated heterocycles. The van der Waals surface area contributed by atoms with Crippen LogP contribution in [0.25, 0.3) is 0 Å². The van der Waals surface area contributed by atoms with E-state index in [1.807, 2.05) is 24.3 Å². The molecule has 0 N–H and O–H groups in total. The van der Waals surface area contributed by atoms with Crippen molar-refractivity contribution in [2.24, 2.45) is 0 Å². The van der Waals surface area contributed by atoms with Crippen LogP contribution in [-0.4, -0.2) is 23.1 Å². The molecule has 0 aliphatic heterocycles. The van der Waals surface area contributed by atoms with Crippen LogP contribution in [0.5, 0.6) is 0 Å². The second kappa shape index (κ2) is 6.65. The molecule has 2 aromatic rings. The summed E-state index contributed by atoms with van der Waals surface area (Å²) in [4.78, 5) is 0. The SMILES string of the molecule is [Br-].[Mg+2].c1coc([P-]c2ccco2)c1. The fourth-order valence-electron chi connectivity index (χ4n) is 0.776. The molecule has 0 bridgehead atoms. The summed E-state index contributed by atoms with van der Waals surface area (Å²) in [6, 6.07) is 7.57. The van der Waals surface area contributed by atoms with Gasteiger partial charge in [0.1, 0.15) is 0 Å². The maximum atomic E-state index is 5.13. The first kappa shape index (κ1) is 13.2. The van der Waals surface area contributed by atoms with E-state index < -0.39 is 0 Å². The molecule has 2 heterocycles. The molecule has 0 saturated carbocycles. The Morgan fingerprint density at radius 1 is 0.923 bits per heavy atom. The van der Waals surface area contributed by atoms with Crippen molar-refractivity contribution in [2.75, 3.05) is 0 Å². The molecule has 0 aliphatic rings. The minimum absolute atomic E-state index is 0. The van der Waals surface area contributed by atoms with E-state index in [1.165, 1.54) is 0 Å². The number of halogens is 1. The van der Waals surface area contributed by atoms with Gasteiger partial charge in [0.15, 0.2) is 0 Å². The van der Waals surface area contributed by atoms with Crippen LogP contribution in [-0.2, 0) is 0 Å². The Labute approximate surface area is 105 Å². The molecule has 2 rings (SSSR count). The largest absolute Gasteiger partial charge is 2.00 e. The Balaban J connectivity index is 0.000000720. The van der Waals surface area contributed by atoms with Gasteiger partial charge in [-0.3, -0.25) is 0 Å². The van der Waals surface area contributed by atoms with Crippen LogP contribution in [0.3, 0.4) is 0 Å². The third kappa shape index (κ3) is 3.86. The molecular weight excluding hydrogens is 263 g/mol. The molecule has 5 heteroatoms. The molecule has 0 fully saturated rings. The Morgan fingerprint density at radius 2 is 1.38 bits per heavy atom. The second-order valence-electron chi connectivity index (χ2n) is 2.01. The van der Waals surface area contributed by atoms with Gasteiger partial charge in [0.05, 0.1) is 12.5 Å². The monoisotopic (exact) mass is 268 g/mol. The molecule has 0 amide bonds. The Kier molecular flexibility index (Phi) is 6.78. The summed E-state index contributed by atoms with van der Waals surface area (Å²) >= 11 is 0. The summed E-state index contributed by atoms with van der Waals surface area (Å²) in [5, 5.41) is 0. The molecule has 0 radical (unpaired) electrons. The summed E-state index contributed by atoms with van der Waals surface area (Å²) in [6.07, 6.45) is 3.32. The molecule has 0 aromatic carbocycles. The van der Waals surface area contributed by atoms with Crippen molar-refractivity contribution in [1.82, 2.24) is 0 Å². The van der Waals surface area contributed by atoms with Gasteiger partial charge in [-0.2, -0.15) is 0 Å². The van der Waals surface area contributed by atoms with E-state index in [0.717, 1.165) is 19.6 Å². The minimum Gasteiger partial charge on any atom is -1.00 e. The molecule has 0 atom stereocenters. The quantitative estimate of drug-likeness (QED) is 0.484. The van der Waals surface area contributed by atoms with E-state index in [0.29, 0.717) is 0 Å². The zero-order valence-electron chi connectivity index (χ0n) is 6.81. The molecular formula is C8H6BrMgO2P. The van der Waals surface area contributed by atoms with Gasteiger partial charge in [0, 0.05) is 0 Å². The van der Waals surface area contributed by atoms with E-state index in [2.05, 4.69) is 0 Å². The van der Waals surface area contributed by atoms with Gasteiger partial charge in [-0.05, 0) is 23.1 Å². The maximum Gasteiger partial charge on any atom is 2.00 e. The Hall–Kier alpha value is 0.236. The first-order valence-electron chi connectivity index (χ1n) is 3.24. The number of furan rings is 2. The van der Waals surface area contributed by atoms with Crippen LogP contribution >= 0.6 is 8.58 Å². The van der Waals surface area contributed by atoms with Gasteiger partial charge in [0.25, 0.3) is 0 Å². The topological polar surface area (TPSA) is 26.3 Å². The van der Waals surface area contributed by atoms with Crippen LogP contribution in [0, 0.1) is 0 Å². The summed E-state index contributed by atoms with van der Waals surface area (Å²) < 4.78 is 10.3. The molecule has 2 aromatic heterocycles. The van der Waals surface area contributed by atoms with Gasteiger partial charge in [0.2, 0.25) is 0 Å². The van der Waals surface area contributed by atoms with E-state index in [1.54, 1.807) is 12.5 Å². The average molecular weight is 269 g/mol. The van der Waals surface area contributed by atoms with Crippen LogP contribution < -0.4 is 28.0 Å². The molecule has 0 aliphatic carbocycles. The van der Waals surface area contributed by atoms with Gasteiger partial charge < -0.3 is 34.4 Å². The molecule has 64 valence electrons. The smallest absolute Gasteiger partial charge is 1.00 e. The maximum absolute atomic E-state index is 5.13. The number of hydrogen-bond acceptors (Lipinski definition) is 2. The molecule has 0 spiro atoms. The van der Waals surface area contributed by atoms with Gasteiger partial charge in [-0.25, -0.2) is 0 Å². The van der Waals surface area contributed by atoms with Crippen LogP contribution in [0.4, 0.5) is 0 Å². The Morgan fingerprint density at radius 3 is 1.69 bits per heavy atom. The van der Waals surface area contributed by atoms with Crippen molar-refractivity contribution < 1.29 is 25.8 Å². The average Bonchev–Trinajstić information content (AvgIpc) is 2.60. The van der Waals surface area contributed by atoms with Gasteiger partial charge in [-0.1, -0.05) is 12.1 Å². The van der Waals surface area contributed by atoms with Gasteiger partial charge in [-0.15, -0.1) is 0 Å². The minimum atomic E-state index is 0. The van der Waals surface area contributed by atoms with E-state index in [9.17, 15) is 0 Å². The summed E-state index contributed by atoms with van der Waals surface area (Å²) in [7, 11) is 0.980. The molecule has 13 heavy (non-hydrogen) atoms. The van der Waals surface area contributed by atoms with Crippen LogP contribution in [0.15, 0.2) is 45.6 Å². The predicted octanol–water partition coefficient (Wildman–Crippen LogP) is -1.61. The van der Waals surface area contributed by atoms with Crippen molar-refractivity contribution >= 4 is 42.6 Å². The summed E-state index contributed by atoms with van der Waals surface area (Å²) in [5.74, 6) is 0. The van der Waals surface area contributed by atoms with Crippen LogP contribution in [0.2, 0.25) is 0 Å². The zero-order chi connectivity index (χ0) is 7.52. The fraction of sp³-hybridized carbons (Fsp3) is 0. The second-order valence-corrected chi connectivity index (χ2v) is 3.12. The first-order valence-corrected chi connectivity index (χ1v) is 4.13. The first-order chi connectivity index (χ1) is 5.45. The van der Waals surface area contributed by atoms with Gasteiger partial charge >= 0.3 is 23.1 Å². The van der Waals surface area contributed by atoms with Crippen molar-refractivity contribution in [2.45, 2.75) is 0 Å². The van der Waals surface area contributed by atoms with Crippen molar-refractivity contribution in [3.05, 3.63) is 36.8 Å². The third-order valence-electron chi connectivity index (χ3n) is 1.23. The molecule has 2 nitrogen and oxygen atoms in total. The number of hydrogen-bond donors (Lipinski definition) is 0. The fourth-order valence-corrected chi connectivity index (χ4v) is 1.54. The van der Waals surface area contributed by atoms with Crippen molar-refractivity contribution in [3.63, 3.8) is 0 Å². The normalized spacial score (nSPS) is 8.62. The van der Waals surface area contributed by atoms with Crippen molar-refractivity contribution in [1.29, 1.82) is 0 Å². The summed E-state index contributed by atoms with van der Waals surface area (Å²) in [5.41, 5.74) is 1.81. The Bertz CT molecular complexity index is 275. The van der Waals surface area contributed by atoms with E-state index >= 15 is 0 Å². The van der Waals surface area contributed by atoms with Crippen molar-refractivity contribution in [3.8, 4) is 0 Å². The molecule has 0 unspecified atom stereocenters.